The van der Waals surface area contributed by atoms with E-state index in [9.17, 15) is 0 Å². The lowest BCUT2D eigenvalue weighted by Gasteiger charge is -2.17. The molecule has 1 N–H and O–H groups in total. The number of hydrogen-bond acceptors (Lipinski definition) is 5. The summed E-state index contributed by atoms with van der Waals surface area (Å²) in [5.74, 6) is 2.40. The topological polar surface area (TPSA) is 56.5 Å². The highest BCUT2D eigenvalue weighted by atomic mass is 16.5. The third-order valence-corrected chi connectivity index (χ3v) is 3.17. The molecule has 1 heterocycles. The van der Waals surface area contributed by atoms with Crippen molar-refractivity contribution in [2.75, 3.05) is 14.2 Å². The molecule has 2 aromatic rings. The zero-order valence-corrected chi connectivity index (χ0v) is 12.3. The molecule has 0 aliphatic carbocycles. The van der Waals surface area contributed by atoms with Crippen LogP contribution in [0.3, 0.4) is 0 Å². The van der Waals surface area contributed by atoms with E-state index in [4.69, 9.17) is 14.0 Å². The van der Waals surface area contributed by atoms with Crippen LogP contribution in [0.15, 0.2) is 28.8 Å². The van der Waals surface area contributed by atoms with E-state index in [0.717, 1.165) is 28.5 Å². The molecular formula is C15H20N2O3. The first-order chi connectivity index (χ1) is 9.63. The van der Waals surface area contributed by atoms with Gasteiger partial charge < -0.3 is 19.3 Å². The average molecular weight is 276 g/mol. The fourth-order valence-corrected chi connectivity index (χ4v) is 2.05. The van der Waals surface area contributed by atoms with Crippen LogP contribution in [-0.2, 0) is 6.54 Å². The smallest absolute Gasteiger partial charge is 0.133 e. The van der Waals surface area contributed by atoms with Gasteiger partial charge in [0, 0.05) is 30.3 Å². The lowest BCUT2D eigenvalue weighted by molar-refractivity contribution is 0.380. The van der Waals surface area contributed by atoms with Crippen molar-refractivity contribution in [1.82, 2.24) is 10.5 Å². The Labute approximate surface area is 118 Å². The van der Waals surface area contributed by atoms with E-state index >= 15 is 0 Å². The van der Waals surface area contributed by atoms with Gasteiger partial charge in [-0.1, -0.05) is 11.2 Å². The standard InChI is InChI=1S/C15H20N2O3/c1-10-7-12(17-20-10)9-16-11(2)14-6-5-13(18-3)8-15(14)19-4/h5-8,11,16H,9H2,1-4H3. The van der Waals surface area contributed by atoms with Crippen LogP contribution in [0.5, 0.6) is 11.5 Å². The van der Waals surface area contributed by atoms with Crippen LogP contribution in [-0.4, -0.2) is 19.4 Å². The fraction of sp³-hybridized carbons (Fsp3) is 0.400. The van der Waals surface area contributed by atoms with Crippen molar-refractivity contribution >= 4 is 0 Å². The van der Waals surface area contributed by atoms with Gasteiger partial charge in [-0.3, -0.25) is 0 Å². The Kier molecular flexibility index (Phi) is 4.63. The average Bonchev–Trinajstić information content (AvgIpc) is 2.89. The minimum Gasteiger partial charge on any atom is -0.497 e. The molecule has 1 unspecified atom stereocenters. The number of ether oxygens (including phenoxy) is 2. The second-order valence-corrected chi connectivity index (χ2v) is 4.64. The van der Waals surface area contributed by atoms with Crippen molar-refractivity contribution in [2.24, 2.45) is 0 Å². The Morgan fingerprint density at radius 1 is 1.25 bits per heavy atom. The van der Waals surface area contributed by atoms with Gasteiger partial charge in [0.15, 0.2) is 0 Å². The predicted octanol–water partition coefficient (Wildman–Crippen LogP) is 2.85. The van der Waals surface area contributed by atoms with Crippen molar-refractivity contribution in [1.29, 1.82) is 0 Å². The SMILES string of the molecule is COc1ccc(C(C)NCc2cc(C)on2)c(OC)c1. The largest absolute Gasteiger partial charge is 0.497 e. The van der Waals surface area contributed by atoms with Gasteiger partial charge in [0.1, 0.15) is 17.3 Å². The summed E-state index contributed by atoms with van der Waals surface area (Å²) < 4.78 is 15.7. The van der Waals surface area contributed by atoms with E-state index in [1.165, 1.54) is 0 Å². The number of aromatic nitrogens is 1. The van der Waals surface area contributed by atoms with Gasteiger partial charge in [-0.15, -0.1) is 0 Å². The maximum absolute atomic E-state index is 5.41. The molecule has 0 amide bonds. The summed E-state index contributed by atoms with van der Waals surface area (Å²) in [5, 5.41) is 7.36. The monoisotopic (exact) mass is 276 g/mol. The van der Waals surface area contributed by atoms with Crippen LogP contribution in [0, 0.1) is 6.92 Å². The molecule has 0 aliphatic heterocycles. The number of nitrogens with zero attached hydrogens (tertiary/aromatic N) is 1. The molecule has 2 rings (SSSR count). The third kappa shape index (κ3) is 3.30. The van der Waals surface area contributed by atoms with Crippen molar-refractivity contribution < 1.29 is 14.0 Å². The van der Waals surface area contributed by atoms with Gasteiger partial charge in [-0.2, -0.15) is 0 Å². The molecule has 5 nitrogen and oxygen atoms in total. The molecule has 1 aromatic carbocycles. The van der Waals surface area contributed by atoms with Gasteiger partial charge in [-0.25, -0.2) is 0 Å². The van der Waals surface area contributed by atoms with Crippen molar-refractivity contribution in [3.8, 4) is 11.5 Å². The first-order valence-electron chi connectivity index (χ1n) is 6.51. The zero-order valence-electron chi connectivity index (χ0n) is 12.3. The lowest BCUT2D eigenvalue weighted by atomic mass is 10.1. The second kappa shape index (κ2) is 6.43. The highest BCUT2D eigenvalue weighted by molar-refractivity contribution is 5.42. The zero-order chi connectivity index (χ0) is 14.5. The third-order valence-electron chi connectivity index (χ3n) is 3.17. The first-order valence-corrected chi connectivity index (χ1v) is 6.51. The number of methoxy groups -OCH3 is 2. The Balaban J connectivity index is 2.06. The molecule has 1 atom stereocenters. The van der Waals surface area contributed by atoms with Gasteiger partial charge >= 0.3 is 0 Å². The molecule has 20 heavy (non-hydrogen) atoms. The van der Waals surface area contributed by atoms with Crippen molar-refractivity contribution in [3.63, 3.8) is 0 Å². The number of benzene rings is 1. The number of nitrogens with one attached hydrogen (secondary N) is 1. The van der Waals surface area contributed by atoms with Crippen LogP contribution < -0.4 is 14.8 Å². The van der Waals surface area contributed by atoms with Gasteiger partial charge in [0.05, 0.1) is 19.9 Å². The van der Waals surface area contributed by atoms with E-state index in [2.05, 4.69) is 17.4 Å². The maximum Gasteiger partial charge on any atom is 0.133 e. The van der Waals surface area contributed by atoms with Gasteiger partial charge in [0.25, 0.3) is 0 Å². The Morgan fingerprint density at radius 3 is 2.65 bits per heavy atom. The second-order valence-electron chi connectivity index (χ2n) is 4.64. The van der Waals surface area contributed by atoms with Crippen molar-refractivity contribution in [2.45, 2.75) is 26.4 Å². The molecule has 0 fully saturated rings. The molecule has 108 valence electrons. The highest BCUT2D eigenvalue weighted by Crippen LogP contribution is 2.29. The van der Waals surface area contributed by atoms with E-state index in [1.807, 2.05) is 31.2 Å². The van der Waals surface area contributed by atoms with Crippen LogP contribution in [0.1, 0.15) is 30.0 Å². The van der Waals surface area contributed by atoms with E-state index < -0.39 is 0 Å². The Bertz CT molecular complexity index is 566. The van der Waals surface area contributed by atoms with Crippen molar-refractivity contribution in [3.05, 3.63) is 41.3 Å². The molecule has 0 saturated carbocycles. The van der Waals surface area contributed by atoms with Gasteiger partial charge in [0.2, 0.25) is 0 Å². The molecule has 0 saturated heterocycles. The predicted molar refractivity (Wildman–Crippen MR) is 76.0 cm³/mol. The lowest BCUT2D eigenvalue weighted by Crippen LogP contribution is -2.18. The number of rotatable bonds is 6. The molecule has 1 aromatic heterocycles. The summed E-state index contributed by atoms with van der Waals surface area (Å²) in [4.78, 5) is 0. The van der Waals surface area contributed by atoms with Gasteiger partial charge in [-0.05, 0) is 19.9 Å². The van der Waals surface area contributed by atoms with E-state index in [0.29, 0.717) is 6.54 Å². The molecular weight excluding hydrogens is 256 g/mol. The maximum atomic E-state index is 5.41. The minimum absolute atomic E-state index is 0.132. The summed E-state index contributed by atoms with van der Waals surface area (Å²) in [7, 11) is 3.30. The summed E-state index contributed by atoms with van der Waals surface area (Å²) >= 11 is 0. The number of hydrogen-bond donors (Lipinski definition) is 1. The summed E-state index contributed by atoms with van der Waals surface area (Å²) in [6, 6.07) is 7.87. The van der Waals surface area contributed by atoms with Crippen LogP contribution >= 0.6 is 0 Å². The first kappa shape index (κ1) is 14.4. The molecule has 5 heteroatoms. The normalized spacial score (nSPS) is 12.2. The number of aryl methyl sites for hydroxylation is 1. The van der Waals surface area contributed by atoms with Crippen LogP contribution in [0.25, 0.3) is 0 Å². The fourth-order valence-electron chi connectivity index (χ4n) is 2.05. The summed E-state index contributed by atoms with van der Waals surface area (Å²) in [6.07, 6.45) is 0. The van der Waals surface area contributed by atoms with Crippen LogP contribution in [0.4, 0.5) is 0 Å². The van der Waals surface area contributed by atoms with Crippen LogP contribution in [0.2, 0.25) is 0 Å². The Hall–Kier alpha value is -2.01. The quantitative estimate of drug-likeness (QED) is 0.879. The molecule has 0 bridgehead atoms. The van der Waals surface area contributed by atoms with E-state index in [1.54, 1.807) is 14.2 Å². The molecule has 0 aliphatic rings. The Morgan fingerprint density at radius 2 is 2.05 bits per heavy atom. The minimum atomic E-state index is 0.132. The molecule has 0 radical (unpaired) electrons. The van der Waals surface area contributed by atoms with E-state index in [-0.39, 0.29) is 6.04 Å². The summed E-state index contributed by atoms with van der Waals surface area (Å²) in [6.45, 7) is 4.61. The highest BCUT2D eigenvalue weighted by Gasteiger charge is 2.12. The molecule has 0 spiro atoms. The summed E-state index contributed by atoms with van der Waals surface area (Å²) in [5.41, 5.74) is 1.97.